The van der Waals surface area contributed by atoms with Gasteiger partial charge in [-0.15, -0.1) is 0 Å². The van der Waals surface area contributed by atoms with Gasteiger partial charge in [-0.2, -0.15) is 0 Å². The number of nitrogens with zero attached hydrogens (tertiary/aromatic N) is 1. The van der Waals surface area contributed by atoms with E-state index in [0.717, 1.165) is 22.7 Å². The van der Waals surface area contributed by atoms with E-state index in [-0.39, 0.29) is 17.7 Å². The minimum Gasteiger partial charge on any atom is -0.497 e. The molecule has 5 rings (SSSR count). The maximum absolute atomic E-state index is 13.7. The van der Waals surface area contributed by atoms with Crippen LogP contribution in [0.5, 0.6) is 5.75 Å². The van der Waals surface area contributed by atoms with Crippen molar-refractivity contribution in [3.05, 3.63) is 89.5 Å². The van der Waals surface area contributed by atoms with E-state index in [2.05, 4.69) is 10.6 Å². The fourth-order valence-electron chi connectivity index (χ4n) is 4.76. The van der Waals surface area contributed by atoms with Crippen molar-refractivity contribution in [3.8, 4) is 5.75 Å². The number of carbonyl (C=O) groups excluding carboxylic acids is 2. The molecule has 0 radical (unpaired) electrons. The number of ether oxygens (including phenoxy) is 1. The quantitative estimate of drug-likeness (QED) is 0.595. The highest BCUT2D eigenvalue weighted by Gasteiger charge is 2.41. The van der Waals surface area contributed by atoms with Gasteiger partial charge < -0.3 is 19.8 Å². The Bertz CT molecular complexity index is 1210. The molecule has 33 heavy (non-hydrogen) atoms. The number of hydrogen-bond acceptors (Lipinski definition) is 5. The zero-order chi connectivity index (χ0) is 22.9. The molecule has 7 heteroatoms. The average Bonchev–Trinajstić information content (AvgIpc) is 3.34. The monoisotopic (exact) mass is 443 g/mol. The Morgan fingerprint density at radius 2 is 1.88 bits per heavy atom. The van der Waals surface area contributed by atoms with E-state index in [1.807, 2.05) is 60.7 Å². The third-order valence-corrected chi connectivity index (χ3v) is 6.30. The summed E-state index contributed by atoms with van der Waals surface area (Å²) in [5, 5.41) is 6.24. The molecule has 0 saturated heterocycles. The molecule has 1 aromatic heterocycles. The second-order valence-electron chi connectivity index (χ2n) is 8.18. The van der Waals surface area contributed by atoms with Crippen LogP contribution in [0, 0.1) is 0 Å². The second kappa shape index (κ2) is 8.50. The van der Waals surface area contributed by atoms with E-state index in [1.54, 1.807) is 25.3 Å². The van der Waals surface area contributed by atoms with Crippen LogP contribution in [-0.2, 0) is 4.79 Å². The molecule has 0 spiro atoms. The molecule has 2 atom stereocenters. The van der Waals surface area contributed by atoms with Crippen molar-refractivity contribution < 1.29 is 18.7 Å². The zero-order valence-corrected chi connectivity index (χ0v) is 18.5. The van der Waals surface area contributed by atoms with E-state index in [4.69, 9.17) is 9.15 Å². The molecule has 2 amide bonds. The Morgan fingerprint density at radius 1 is 1.09 bits per heavy atom. The van der Waals surface area contributed by atoms with Gasteiger partial charge in [0.15, 0.2) is 5.78 Å². The Kier molecular flexibility index (Phi) is 5.38. The van der Waals surface area contributed by atoms with Crippen molar-refractivity contribution in [1.29, 1.82) is 0 Å². The summed E-state index contributed by atoms with van der Waals surface area (Å²) < 4.78 is 10.9. The van der Waals surface area contributed by atoms with Crippen molar-refractivity contribution >= 4 is 23.2 Å². The number of Topliss-reactive ketones (excluding diaryl/α,β-unsaturated/α-hetero) is 1. The summed E-state index contributed by atoms with van der Waals surface area (Å²) in [6.45, 7) is 0. The molecule has 3 aromatic rings. The summed E-state index contributed by atoms with van der Waals surface area (Å²) >= 11 is 0. The maximum atomic E-state index is 13.7. The van der Waals surface area contributed by atoms with Crippen LogP contribution in [0.3, 0.4) is 0 Å². The van der Waals surface area contributed by atoms with Crippen LogP contribution in [0.25, 0.3) is 0 Å². The minimum absolute atomic E-state index is 0.00678. The van der Waals surface area contributed by atoms with Crippen LogP contribution in [0.4, 0.5) is 16.2 Å². The molecule has 0 saturated carbocycles. The number of fused-ring (bicyclic) bond motifs is 1. The van der Waals surface area contributed by atoms with E-state index in [1.165, 1.54) is 0 Å². The van der Waals surface area contributed by atoms with Gasteiger partial charge >= 0.3 is 6.03 Å². The molecule has 0 unspecified atom stereocenters. The molecule has 2 N–H and O–H groups in total. The van der Waals surface area contributed by atoms with Gasteiger partial charge in [-0.1, -0.05) is 24.3 Å². The third kappa shape index (κ3) is 3.65. The van der Waals surface area contributed by atoms with E-state index in [0.29, 0.717) is 29.9 Å². The molecule has 2 aromatic carbocycles. The summed E-state index contributed by atoms with van der Waals surface area (Å²) in [6.07, 6.45) is 2.56. The smallest absolute Gasteiger partial charge is 0.322 e. The molecule has 0 bridgehead atoms. The standard InChI is InChI=1S/C26H25N3O4/c1-27-26(31)29-21-7-4-3-6-19(21)28-20-14-17(23-8-5-13-33-23)15-22(30)24(20)25(29)16-9-11-18(32-2)12-10-16/h3-13,17,25,28H,14-15H2,1-2H3,(H,27,31)/t17-,25-/m1/s1. The van der Waals surface area contributed by atoms with Crippen LogP contribution in [-0.4, -0.2) is 26.0 Å². The number of benzene rings is 2. The number of amides is 2. The first-order chi connectivity index (χ1) is 16.1. The lowest BCUT2D eigenvalue weighted by Gasteiger charge is -2.34. The highest BCUT2D eigenvalue weighted by atomic mass is 16.5. The summed E-state index contributed by atoms with van der Waals surface area (Å²) in [7, 11) is 3.21. The van der Waals surface area contributed by atoms with Gasteiger partial charge in [-0.25, -0.2) is 4.79 Å². The summed E-state index contributed by atoms with van der Waals surface area (Å²) in [6, 6.07) is 18.0. The van der Waals surface area contributed by atoms with E-state index < -0.39 is 6.04 Å². The number of furan rings is 1. The Hall–Kier alpha value is -4.00. The van der Waals surface area contributed by atoms with Crippen molar-refractivity contribution in [2.24, 2.45) is 0 Å². The van der Waals surface area contributed by atoms with Crippen molar-refractivity contribution in [1.82, 2.24) is 5.32 Å². The van der Waals surface area contributed by atoms with Gasteiger partial charge in [0.1, 0.15) is 11.5 Å². The zero-order valence-electron chi connectivity index (χ0n) is 18.5. The highest BCUT2D eigenvalue weighted by Crippen LogP contribution is 2.47. The van der Waals surface area contributed by atoms with Gasteiger partial charge in [0.2, 0.25) is 0 Å². The number of urea groups is 1. The normalized spacial score (nSPS) is 19.8. The largest absolute Gasteiger partial charge is 0.497 e. The lowest BCUT2D eigenvalue weighted by Crippen LogP contribution is -2.43. The molecule has 2 heterocycles. The molecule has 2 aliphatic rings. The topological polar surface area (TPSA) is 83.8 Å². The number of hydrogen-bond donors (Lipinski definition) is 2. The van der Waals surface area contributed by atoms with Gasteiger partial charge in [0.25, 0.3) is 0 Å². The second-order valence-corrected chi connectivity index (χ2v) is 8.18. The van der Waals surface area contributed by atoms with Gasteiger partial charge in [-0.05, 0) is 48.4 Å². The predicted octanol–water partition coefficient (Wildman–Crippen LogP) is 5.00. The first-order valence-electron chi connectivity index (χ1n) is 10.9. The van der Waals surface area contributed by atoms with E-state index >= 15 is 0 Å². The molecule has 1 aliphatic carbocycles. The Balaban J connectivity index is 1.71. The SMILES string of the molecule is CNC(=O)N1c2ccccc2NC2=C(C(=O)C[C@H](c3ccco3)C2)[C@H]1c1ccc(OC)cc1. The fraction of sp³-hybridized carbons (Fsp3) is 0.231. The van der Waals surface area contributed by atoms with Crippen molar-refractivity contribution in [2.75, 3.05) is 24.4 Å². The average molecular weight is 444 g/mol. The van der Waals surface area contributed by atoms with Crippen LogP contribution < -0.4 is 20.3 Å². The van der Waals surface area contributed by atoms with E-state index in [9.17, 15) is 9.59 Å². The predicted molar refractivity (Wildman–Crippen MR) is 125 cm³/mol. The van der Waals surface area contributed by atoms with Crippen LogP contribution in [0.1, 0.15) is 36.1 Å². The number of anilines is 2. The van der Waals surface area contributed by atoms with Crippen molar-refractivity contribution in [3.63, 3.8) is 0 Å². The minimum atomic E-state index is -0.591. The van der Waals surface area contributed by atoms with Crippen LogP contribution >= 0.6 is 0 Å². The number of carbonyl (C=O) groups is 2. The first kappa shape index (κ1) is 20.9. The number of nitrogens with one attached hydrogen (secondary N) is 2. The summed E-state index contributed by atoms with van der Waals surface area (Å²) in [4.78, 5) is 28.6. The number of allylic oxidation sites excluding steroid dienone is 1. The Labute approximate surface area is 192 Å². The lowest BCUT2D eigenvalue weighted by atomic mass is 9.80. The highest BCUT2D eigenvalue weighted by molar-refractivity contribution is 6.06. The van der Waals surface area contributed by atoms with Gasteiger partial charge in [0, 0.05) is 30.7 Å². The lowest BCUT2D eigenvalue weighted by molar-refractivity contribution is -0.116. The summed E-state index contributed by atoms with van der Waals surface area (Å²) in [5.74, 6) is 1.43. The number of rotatable bonds is 3. The van der Waals surface area contributed by atoms with Gasteiger partial charge in [-0.3, -0.25) is 9.69 Å². The van der Waals surface area contributed by atoms with Gasteiger partial charge in [0.05, 0.1) is 30.8 Å². The molecular formula is C26H25N3O4. The molecule has 1 aliphatic heterocycles. The summed E-state index contributed by atoms with van der Waals surface area (Å²) in [5.41, 5.74) is 3.72. The van der Waals surface area contributed by atoms with Crippen LogP contribution in [0.2, 0.25) is 0 Å². The number of para-hydroxylation sites is 2. The molecular weight excluding hydrogens is 418 g/mol. The van der Waals surface area contributed by atoms with Crippen molar-refractivity contribution in [2.45, 2.75) is 24.8 Å². The first-order valence-corrected chi connectivity index (χ1v) is 10.9. The molecule has 168 valence electrons. The molecule has 0 fully saturated rings. The third-order valence-electron chi connectivity index (χ3n) is 6.30. The maximum Gasteiger partial charge on any atom is 0.322 e. The Morgan fingerprint density at radius 3 is 2.58 bits per heavy atom. The van der Waals surface area contributed by atoms with Crippen LogP contribution in [0.15, 0.2) is 82.6 Å². The number of methoxy groups -OCH3 is 1. The molecule has 7 nitrogen and oxygen atoms in total. The fourth-order valence-corrected chi connectivity index (χ4v) is 4.76. The number of ketones is 1.